The lowest BCUT2D eigenvalue weighted by molar-refractivity contribution is -0.120. The summed E-state index contributed by atoms with van der Waals surface area (Å²) in [7, 11) is 1.67. The fourth-order valence-corrected chi connectivity index (χ4v) is 1.97. The Bertz CT molecular complexity index is 496. The van der Waals surface area contributed by atoms with Gasteiger partial charge in [-0.3, -0.25) is 4.79 Å². The number of nitrogens with one attached hydrogen (secondary N) is 2. The largest absolute Gasteiger partial charge is 0.379 e. The van der Waals surface area contributed by atoms with E-state index in [2.05, 4.69) is 10.6 Å². The molecule has 2 unspecified atom stereocenters. The van der Waals surface area contributed by atoms with Gasteiger partial charge in [0.25, 0.3) is 0 Å². The van der Waals surface area contributed by atoms with E-state index in [1.807, 2.05) is 0 Å². The number of hydrogen-bond donors (Lipinski definition) is 2. The molecule has 1 aromatic rings. The first-order chi connectivity index (χ1) is 9.02. The van der Waals surface area contributed by atoms with E-state index in [1.165, 1.54) is 0 Å². The quantitative estimate of drug-likeness (QED) is 0.816. The van der Waals surface area contributed by atoms with Crippen LogP contribution in [-0.2, 0) is 9.53 Å². The van der Waals surface area contributed by atoms with Crippen molar-refractivity contribution in [3.8, 4) is 0 Å². The normalized spacial score (nSPS) is 22.5. The molecule has 1 heterocycles. The molecule has 0 aromatic heterocycles. The smallest absolute Gasteiger partial charge is 0.231 e. The molecule has 1 aliphatic rings. The van der Waals surface area contributed by atoms with Gasteiger partial charge in [0.1, 0.15) is 5.82 Å². The Morgan fingerprint density at radius 2 is 2.05 bits per heavy atom. The molecule has 1 fully saturated rings. The molecule has 0 bridgehead atoms. The van der Waals surface area contributed by atoms with E-state index in [0.29, 0.717) is 12.7 Å². The molecular formula is C12H13F3N2O2. The zero-order valence-electron chi connectivity index (χ0n) is 10.2. The highest BCUT2D eigenvalue weighted by Gasteiger charge is 2.33. The van der Waals surface area contributed by atoms with Gasteiger partial charge < -0.3 is 15.4 Å². The number of rotatable bonds is 3. The Kier molecular flexibility index (Phi) is 4.06. The van der Waals surface area contributed by atoms with Crippen molar-refractivity contribution >= 4 is 11.6 Å². The second-order valence-corrected chi connectivity index (χ2v) is 4.28. The summed E-state index contributed by atoms with van der Waals surface area (Å²) in [5.74, 6) is -4.66. The summed E-state index contributed by atoms with van der Waals surface area (Å²) < 4.78 is 44.5. The summed E-state index contributed by atoms with van der Waals surface area (Å²) in [4.78, 5) is 11.9. The van der Waals surface area contributed by atoms with Gasteiger partial charge in [0.15, 0.2) is 11.6 Å². The molecule has 0 radical (unpaired) electrons. The molecule has 1 amide bonds. The van der Waals surface area contributed by atoms with Gasteiger partial charge >= 0.3 is 0 Å². The minimum Gasteiger partial charge on any atom is -0.379 e. The molecule has 2 N–H and O–H groups in total. The number of carbonyl (C=O) groups excluding carboxylic acids is 1. The predicted octanol–water partition coefficient (Wildman–Crippen LogP) is 1.28. The van der Waals surface area contributed by atoms with E-state index in [4.69, 9.17) is 4.74 Å². The molecule has 1 aliphatic heterocycles. The maximum Gasteiger partial charge on any atom is 0.231 e. The number of carbonyl (C=O) groups is 1. The minimum absolute atomic E-state index is 0.177. The highest BCUT2D eigenvalue weighted by atomic mass is 19.2. The molecule has 0 saturated carbocycles. The SMILES string of the molecule is CNC1COCC1C(=O)Nc1cc(F)cc(F)c1F. The van der Waals surface area contributed by atoms with Crippen LogP contribution in [0.1, 0.15) is 0 Å². The second-order valence-electron chi connectivity index (χ2n) is 4.28. The Hall–Kier alpha value is -1.60. The molecule has 2 atom stereocenters. The number of anilines is 1. The van der Waals surface area contributed by atoms with Crippen molar-refractivity contribution in [2.45, 2.75) is 6.04 Å². The van der Waals surface area contributed by atoms with Crippen LogP contribution >= 0.6 is 0 Å². The molecular weight excluding hydrogens is 261 g/mol. The van der Waals surface area contributed by atoms with Gasteiger partial charge in [0, 0.05) is 18.2 Å². The second kappa shape index (κ2) is 5.58. The van der Waals surface area contributed by atoms with Crippen molar-refractivity contribution in [2.75, 3.05) is 25.6 Å². The van der Waals surface area contributed by atoms with E-state index in [-0.39, 0.29) is 12.6 Å². The summed E-state index contributed by atoms with van der Waals surface area (Å²) in [5.41, 5.74) is -0.510. The third-order valence-electron chi connectivity index (χ3n) is 3.04. The monoisotopic (exact) mass is 274 g/mol. The molecule has 19 heavy (non-hydrogen) atoms. The van der Waals surface area contributed by atoms with Gasteiger partial charge in [-0.05, 0) is 7.05 Å². The van der Waals surface area contributed by atoms with Crippen molar-refractivity contribution in [2.24, 2.45) is 5.92 Å². The molecule has 0 aliphatic carbocycles. The summed E-state index contributed by atoms with van der Waals surface area (Å²) in [6.45, 7) is 0.533. The molecule has 104 valence electrons. The molecule has 1 saturated heterocycles. The van der Waals surface area contributed by atoms with Crippen LogP contribution < -0.4 is 10.6 Å². The Morgan fingerprint density at radius 3 is 2.74 bits per heavy atom. The number of benzene rings is 1. The van der Waals surface area contributed by atoms with Gasteiger partial charge in [-0.25, -0.2) is 13.2 Å². The minimum atomic E-state index is -1.34. The van der Waals surface area contributed by atoms with Crippen LogP contribution in [0.4, 0.5) is 18.9 Å². The van der Waals surface area contributed by atoms with Crippen LogP contribution in [0, 0.1) is 23.4 Å². The van der Waals surface area contributed by atoms with Crippen LogP contribution in [0.25, 0.3) is 0 Å². The molecule has 4 nitrogen and oxygen atoms in total. The van der Waals surface area contributed by atoms with Crippen molar-refractivity contribution in [1.82, 2.24) is 5.32 Å². The highest BCUT2D eigenvalue weighted by Crippen LogP contribution is 2.21. The third-order valence-corrected chi connectivity index (χ3v) is 3.04. The average molecular weight is 274 g/mol. The Labute approximate surface area is 107 Å². The van der Waals surface area contributed by atoms with E-state index in [9.17, 15) is 18.0 Å². The first-order valence-electron chi connectivity index (χ1n) is 5.73. The lowest BCUT2D eigenvalue weighted by atomic mass is 10.0. The average Bonchev–Trinajstić information content (AvgIpc) is 2.83. The summed E-state index contributed by atoms with van der Waals surface area (Å²) in [5, 5.41) is 5.07. The van der Waals surface area contributed by atoms with Crippen LogP contribution in [0.5, 0.6) is 0 Å². The lowest BCUT2D eigenvalue weighted by Gasteiger charge is -2.16. The first-order valence-corrected chi connectivity index (χ1v) is 5.73. The molecule has 2 rings (SSSR count). The molecule has 0 spiro atoms. The van der Waals surface area contributed by atoms with Gasteiger partial charge in [0.05, 0.1) is 24.8 Å². The van der Waals surface area contributed by atoms with Gasteiger partial charge in [-0.15, -0.1) is 0 Å². The predicted molar refractivity (Wildman–Crippen MR) is 62.1 cm³/mol. The van der Waals surface area contributed by atoms with Crippen molar-refractivity contribution in [3.05, 3.63) is 29.6 Å². The van der Waals surface area contributed by atoms with Gasteiger partial charge in [0.2, 0.25) is 5.91 Å². The Balaban J connectivity index is 2.15. The Morgan fingerprint density at radius 1 is 1.32 bits per heavy atom. The van der Waals surface area contributed by atoms with Gasteiger partial charge in [-0.1, -0.05) is 0 Å². The van der Waals surface area contributed by atoms with Crippen LogP contribution in [0.2, 0.25) is 0 Å². The first kappa shape index (κ1) is 13.8. The third kappa shape index (κ3) is 2.87. The standard InChI is InChI=1S/C12H13F3N2O2/c1-16-10-5-19-4-7(10)12(18)17-9-3-6(13)2-8(14)11(9)15/h2-3,7,10,16H,4-5H2,1H3,(H,17,18). The zero-order valence-corrected chi connectivity index (χ0v) is 10.2. The summed E-state index contributed by atoms with van der Waals surface area (Å²) >= 11 is 0. The zero-order chi connectivity index (χ0) is 14.0. The number of halogens is 3. The van der Waals surface area contributed by atoms with Crippen molar-refractivity contribution in [3.63, 3.8) is 0 Å². The van der Waals surface area contributed by atoms with Crippen molar-refractivity contribution < 1.29 is 22.7 Å². The lowest BCUT2D eigenvalue weighted by Crippen LogP contribution is -2.39. The van der Waals surface area contributed by atoms with Crippen LogP contribution in [0.15, 0.2) is 12.1 Å². The van der Waals surface area contributed by atoms with Crippen LogP contribution in [0.3, 0.4) is 0 Å². The van der Waals surface area contributed by atoms with E-state index in [1.54, 1.807) is 7.05 Å². The molecule has 7 heteroatoms. The fraction of sp³-hybridized carbons (Fsp3) is 0.417. The maximum absolute atomic E-state index is 13.4. The summed E-state index contributed by atoms with van der Waals surface area (Å²) in [6, 6.07) is 0.946. The number of ether oxygens (including phenoxy) is 1. The van der Waals surface area contributed by atoms with Crippen molar-refractivity contribution in [1.29, 1.82) is 0 Å². The van der Waals surface area contributed by atoms with E-state index >= 15 is 0 Å². The fourth-order valence-electron chi connectivity index (χ4n) is 1.97. The van der Waals surface area contributed by atoms with Crippen LogP contribution in [-0.4, -0.2) is 32.2 Å². The number of likely N-dealkylation sites (N-methyl/N-ethyl adjacent to an activating group) is 1. The number of hydrogen-bond acceptors (Lipinski definition) is 3. The maximum atomic E-state index is 13.4. The highest BCUT2D eigenvalue weighted by molar-refractivity contribution is 5.93. The summed E-state index contributed by atoms with van der Waals surface area (Å²) in [6.07, 6.45) is 0. The van der Waals surface area contributed by atoms with E-state index in [0.717, 1.165) is 6.07 Å². The molecule has 1 aromatic carbocycles. The van der Waals surface area contributed by atoms with E-state index < -0.39 is 35.0 Å². The van der Waals surface area contributed by atoms with Gasteiger partial charge in [-0.2, -0.15) is 0 Å². The topological polar surface area (TPSA) is 50.4 Å². The number of amides is 1.